The molecule has 0 spiro atoms. The molecule has 2 N–H and O–H groups in total. The van der Waals surface area contributed by atoms with Gasteiger partial charge in [-0.1, -0.05) is 17.7 Å². The summed E-state index contributed by atoms with van der Waals surface area (Å²) in [4.78, 5) is 11.8. The number of nitrogens with one attached hydrogen (secondary N) is 2. The summed E-state index contributed by atoms with van der Waals surface area (Å²) in [6.45, 7) is 1.96. The standard InChI is InChI=1S/C13H17ClN2O3S/c1-9-11(14)3-2-4-12(9)15-7-13(17)16-10-5-6-20(18,19)8-10/h2-4,10,15H,5-8H2,1H3,(H,16,17). The molecule has 0 saturated carbocycles. The molecule has 1 aromatic rings. The van der Waals surface area contributed by atoms with Gasteiger partial charge in [-0.3, -0.25) is 4.79 Å². The fraction of sp³-hybridized carbons (Fsp3) is 0.462. The molecule has 1 atom stereocenters. The van der Waals surface area contributed by atoms with Gasteiger partial charge in [0, 0.05) is 16.8 Å². The van der Waals surface area contributed by atoms with Crippen molar-refractivity contribution < 1.29 is 13.2 Å². The maximum Gasteiger partial charge on any atom is 0.239 e. The van der Waals surface area contributed by atoms with E-state index in [1.807, 2.05) is 13.0 Å². The number of carbonyl (C=O) groups is 1. The Morgan fingerprint density at radius 1 is 1.45 bits per heavy atom. The highest BCUT2D eigenvalue weighted by Crippen LogP contribution is 2.22. The fourth-order valence-electron chi connectivity index (χ4n) is 2.16. The topological polar surface area (TPSA) is 75.3 Å². The minimum atomic E-state index is -2.97. The molecule has 5 nitrogen and oxygen atoms in total. The highest BCUT2D eigenvalue weighted by molar-refractivity contribution is 7.91. The van der Waals surface area contributed by atoms with Crippen LogP contribution in [0.4, 0.5) is 5.69 Å². The van der Waals surface area contributed by atoms with Crippen molar-refractivity contribution >= 4 is 33.0 Å². The number of amides is 1. The second-order valence-electron chi connectivity index (χ2n) is 4.93. The van der Waals surface area contributed by atoms with Crippen LogP contribution in [0.15, 0.2) is 18.2 Å². The van der Waals surface area contributed by atoms with Crippen LogP contribution in [0.25, 0.3) is 0 Å². The fourth-order valence-corrected chi connectivity index (χ4v) is 4.01. The molecule has 0 aliphatic carbocycles. The monoisotopic (exact) mass is 316 g/mol. The van der Waals surface area contributed by atoms with Gasteiger partial charge in [0.2, 0.25) is 5.91 Å². The van der Waals surface area contributed by atoms with Crippen molar-refractivity contribution in [2.24, 2.45) is 0 Å². The minimum absolute atomic E-state index is 0.0366. The summed E-state index contributed by atoms with van der Waals surface area (Å²) < 4.78 is 22.6. The Morgan fingerprint density at radius 3 is 2.85 bits per heavy atom. The Kier molecular flexibility index (Phi) is 4.55. The molecule has 20 heavy (non-hydrogen) atoms. The van der Waals surface area contributed by atoms with Crippen molar-refractivity contribution in [2.45, 2.75) is 19.4 Å². The molecule has 1 aliphatic rings. The van der Waals surface area contributed by atoms with Crippen molar-refractivity contribution in [1.82, 2.24) is 5.32 Å². The quantitative estimate of drug-likeness (QED) is 0.879. The van der Waals surface area contributed by atoms with Crippen molar-refractivity contribution in [3.8, 4) is 0 Å². The number of sulfone groups is 1. The second-order valence-corrected chi connectivity index (χ2v) is 7.57. The Labute approximate surface area is 123 Å². The molecule has 0 aromatic heterocycles. The van der Waals surface area contributed by atoms with Gasteiger partial charge in [-0.25, -0.2) is 8.42 Å². The van der Waals surface area contributed by atoms with E-state index in [0.29, 0.717) is 11.4 Å². The Morgan fingerprint density at radius 2 is 2.20 bits per heavy atom. The first kappa shape index (κ1) is 15.1. The van der Waals surface area contributed by atoms with Crippen molar-refractivity contribution in [3.05, 3.63) is 28.8 Å². The van der Waals surface area contributed by atoms with Gasteiger partial charge in [0.25, 0.3) is 0 Å². The molecule has 1 aliphatic heterocycles. The lowest BCUT2D eigenvalue weighted by Gasteiger charge is -2.13. The van der Waals surface area contributed by atoms with Crippen LogP contribution >= 0.6 is 11.6 Å². The third-order valence-electron chi connectivity index (χ3n) is 3.30. The Bertz CT molecular complexity index is 616. The summed E-state index contributed by atoms with van der Waals surface area (Å²) in [5, 5.41) is 6.36. The van der Waals surface area contributed by atoms with Crippen LogP contribution in [-0.2, 0) is 14.6 Å². The molecule has 1 unspecified atom stereocenters. The van der Waals surface area contributed by atoms with Crippen molar-refractivity contribution in [3.63, 3.8) is 0 Å². The highest BCUT2D eigenvalue weighted by atomic mass is 35.5. The van der Waals surface area contributed by atoms with E-state index in [1.54, 1.807) is 12.1 Å². The molecule has 1 aromatic carbocycles. The summed E-state index contributed by atoms with van der Waals surface area (Å²) in [7, 11) is -2.97. The normalized spacial score (nSPS) is 20.6. The average Bonchev–Trinajstić information content (AvgIpc) is 2.70. The summed E-state index contributed by atoms with van der Waals surface area (Å²) in [6, 6.07) is 5.16. The van der Waals surface area contributed by atoms with E-state index in [4.69, 9.17) is 11.6 Å². The molecule has 1 amide bonds. The van der Waals surface area contributed by atoms with Gasteiger partial charge in [0.15, 0.2) is 9.84 Å². The number of hydrogen-bond donors (Lipinski definition) is 2. The maximum atomic E-state index is 11.8. The molecule has 1 saturated heterocycles. The van der Waals surface area contributed by atoms with Gasteiger partial charge in [0.1, 0.15) is 0 Å². The summed E-state index contributed by atoms with van der Waals surface area (Å²) in [5.41, 5.74) is 1.68. The van der Waals surface area contributed by atoms with Gasteiger partial charge < -0.3 is 10.6 Å². The lowest BCUT2D eigenvalue weighted by molar-refractivity contribution is -0.119. The number of halogens is 1. The third-order valence-corrected chi connectivity index (χ3v) is 5.48. The van der Waals surface area contributed by atoms with Crippen LogP contribution in [0, 0.1) is 6.92 Å². The van der Waals surface area contributed by atoms with E-state index in [2.05, 4.69) is 10.6 Å². The average molecular weight is 317 g/mol. The van der Waals surface area contributed by atoms with Crippen molar-refractivity contribution in [1.29, 1.82) is 0 Å². The maximum absolute atomic E-state index is 11.8. The first-order chi connectivity index (χ1) is 9.37. The van der Waals surface area contributed by atoms with Crippen molar-refractivity contribution in [2.75, 3.05) is 23.4 Å². The lowest BCUT2D eigenvalue weighted by Crippen LogP contribution is -2.39. The van der Waals surface area contributed by atoms with Crippen LogP contribution in [0.3, 0.4) is 0 Å². The van der Waals surface area contributed by atoms with Gasteiger partial charge in [-0.15, -0.1) is 0 Å². The molecule has 0 radical (unpaired) electrons. The molecule has 1 heterocycles. The molecular formula is C13H17ClN2O3S. The van der Waals surface area contributed by atoms with Crippen LogP contribution in [0.1, 0.15) is 12.0 Å². The first-order valence-electron chi connectivity index (χ1n) is 6.36. The molecule has 1 fully saturated rings. The highest BCUT2D eigenvalue weighted by Gasteiger charge is 2.28. The van der Waals surface area contributed by atoms with E-state index in [0.717, 1.165) is 11.3 Å². The van der Waals surface area contributed by atoms with E-state index in [1.165, 1.54) is 0 Å². The van der Waals surface area contributed by atoms with E-state index in [-0.39, 0.29) is 30.0 Å². The van der Waals surface area contributed by atoms with Crippen LogP contribution in [-0.4, -0.2) is 38.4 Å². The zero-order chi connectivity index (χ0) is 14.8. The molecule has 0 bridgehead atoms. The summed E-state index contributed by atoms with van der Waals surface area (Å²) in [6.07, 6.45) is 0.490. The SMILES string of the molecule is Cc1c(Cl)cccc1NCC(=O)NC1CCS(=O)(=O)C1. The van der Waals surface area contributed by atoms with Crippen LogP contribution in [0.5, 0.6) is 0 Å². The van der Waals surface area contributed by atoms with Crippen LogP contribution in [0.2, 0.25) is 5.02 Å². The molecule has 7 heteroatoms. The largest absolute Gasteiger partial charge is 0.376 e. The van der Waals surface area contributed by atoms with E-state index >= 15 is 0 Å². The number of rotatable bonds is 4. The molecule has 2 rings (SSSR count). The zero-order valence-electron chi connectivity index (χ0n) is 11.1. The summed E-state index contributed by atoms with van der Waals surface area (Å²) in [5.74, 6) is -0.0280. The zero-order valence-corrected chi connectivity index (χ0v) is 12.7. The Hall–Kier alpha value is -1.27. The van der Waals surface area contributed by atoms with E-state index in [9.17, 15) is 13.2 Å². The van der Waals surface area contributed by atoms with Gasteiger partial charge >= 0.3 is 0 Å². The second kappa shape index (κ2) is 6.01. The minimum Gasteiger partial charge on any atom is -0.376 e. The number of carbonyl (C=O) groups excluding carboxylic acids is 1. The molecule has 110 valence electrons. The first-order valence-corrected chi connectivity index (χ1v) is 8.56. The smallest absolute Gasteiger partial charge is 0.239 e. The lowest BCUT2D eigenvalue weighted by atomic mass is 10.2. The van der Waals surface area contributed by atoms with E-state index < -0.39 is 9.84 Å². The third kappa shape index (κ3) is 3.86. The number of hydrogen-bond acceptors (Lipinski definition) is 4. The van der Waals surface area contributed by atoms with Gasteiger partial charge in [-0.2, -0.15) is 0 Å². The van der Waals surface area contributed by atoms with Gasteiger partial charge in [0.05, 0.1) is 18.1 Å². The van der Waals surface area contributed by atoms with Gasteiger partial charge in [-0.05, 0) is 31.0 Å². The predicted molar refractivity (Wildman–Crippen MR) is 79.9 cm³/mol. The Balaban J connectivity index is 1.85. The van der Waals surface area contributed by atoms with Crippen LogP contribution < -0.4 is 10.6 Å². The number of benzene rings is 1. The number of anilines is 1. The summed E-state index contributed by atoms with van der Waals surface area (Å²) >= 11 is 5.99. The molecular weight excluding hydrogens is 300 g/mol. The predicted octanol–water partition coefficient (Wildman–Crippen LogP) is 1.36.